The predicted octanol–water partition coefficient (Wildman–Crippen LogP) is 1.15. The first-order valence-electron chi connectivity index (χ1n) is 5.16. The van der Waals surface area contributed by atoms with Gasteiger partial charge in [0.05, 0.1) is 6.61 Å². The van der Waals surface area contributed by atoms with Crippen LogP contribution in [-0.4, -0.2) is 24.6 Å². The standard InChI is InChI=1S/C12H18N2O2/c1-9-4-5-11(6-10(9)2)7-16-8-12(15)14(3)13/h4-6H,7-8,13H2,1-3H3. The number of likely N-dealkylation sites (N-methyl/N-ethyl adjacent to an activating group) is 1. The van der Waals surface area contributed by atoms with E-state index in [9.17, 15) is 4.79 Å². The lowest BCUT2D eigenvalue weighted by atomic mass is 10.1. The molecule has 0 heterocycles. The number of hydrogen-bond acceptors (Lipinski definition) is 3. The van der Waals surface area contributed by atoms with Gasteiger partial charge in [-0.05, 0) is 30.5 Å². The molecule has 16 heavy (non-hydrogen) atoms. The molecule has 0 aliphatic rings. The normalized spacial score (nSPS) is 10.2. The number of carbonyl (C=O) groups is 1. The highest BCUT2D eigenvalue weighted by Gasteiger charge is 2.04. The minimum absolute atomic E-state index is 0.0138. The van der Waals surface area contributed by atoms with Crippen molar-refractivity contribution in [3.63, 3.8) is 0 Å². The number of nitrogens with two attached hydrogens (primary N) is 1. The van der Waals surface area contributed by atoms with Gasteiger partial charge >= 0.3 is 0 Å². The van der Waals surface area contributed by atoms with Crippen molar-refractivity contribution < 1.29 is 9.53 Å². The van der Waals surface area contributed by atoms with Crippen LogP contribution in [0.15, 0.2) is 18.2 Å². The fourth-order valence-electron chi connectivity index (χ4n) is 1.25. The van der Waals surface area contributed by atoms with Crippen LogP contribution in [0.3, 0.4) is 0 Å². The summed E-state index contributed by atoms with van der Waals surface area (Å²) in [5.74, 6) is 5.03. The first-order valence-corrected chi connectivity index (χ1v) is 5.16. The summed E-state index contributed by atoms with van der Waals surface area (Å²) in [7, 11) is 1.50. The Kier molecular flexibility index (Phi) is 4.46. The van der Waals surface area contributed by atoms with E-state index in [4.69, 9.17) is 10.6 Å². The van der Waals surface area contributed by atoms with Gasteiger partial charge in [-0.3, -0.25) is 9.80 Å². The topological polar surface area (TPSA) is 55.6 Å². The van der Waals surface area contributed by atoms with E-state index in [-0.39, 0.29) is 12.5 Å². The van der Waals surface area contributed by atoms with Gasteiger partial charge in [0.1, 0.15) is 6.61 Å². The van der Waals surface area contributed by atoms with E-state index in [0.29, 0.717) is 6.61 Å². The minimum Gasteiger partial charge on any atom is -0.367 e. The molecule has 4 heteroatoms. The number of carbonyl (C=O) groups excluding carboxylic acids is 1. The number of amides is 1. The van der Waals surface area contributed by atoms with Crippen molar-refractivity contribution in [2.45, 2.75) is 20.5 Å². The monoisotopic (exact) mass is 222 g/mol. The van der Waals surface area contributed by atoms with Crippen LogP contribution in [0, 0.1) is 13.8 Å². The van der Waals surface area contributed by atoms with Gasteiger partial charge in [-0.25, -0.2) is 5.84 Å². The van der Waals surface area contributed by atoms with Crippen molar-refractivity contribution in [1.29, 1.82) is 0 Å². The van der Waals surface area contributed by atoms with Crippen LogP contribution in [0.25, 0.3) is 0 Å². The molecule has 0 saturated carbocycles. The predicted molar refractivity (Wildman–Crippen MR) is 62.5 cm³/mol. The van der Waals surface area contributed by atoms with Crippen molar-refractivity contribution in [2.75, 3.05) is 13.7 Å². The molecule has 0 radical (unpaired) electrons. The molecular weight excluding hydrogens is 204 g/mol. The quantitative estimate of drug-likeness (QED) is 0.472. The molecule has 1 aromatic rings. The fraction of sp³-hybridized carbons (Fsp3) is 0.417. The van der Waals surface area contributed by atoms with E-state index in [1.54, 1.807) is 0 Å². The second-order valence-electron chi connectivity index (χ2n) is 3.92. The Hall–Kier alpha value is -1.39. The summed E-state index contributed by atoms with van der Waals surface area (Å²) in [6.07, 6.45) is 0. The molecule has 0 aliphatic heterocycles. The third-order valence-corrected chi connectivity index (χ3v) is 2.46. The molecule has 0 aromatic heterocycles. The number of ether oxygens (including phenoxy) is 1. The van der Waals surface area contributed by atoms with Gasteiger partial charge in [0.2, 0.25) is 0 Å². The molecule has 1 aromatic carbocycles. The first kappa shape index (κ1) is 12.7. The maximum atomic E-state index is 11.1. The van der Waals surface area contributed by atoms with E-state index in [0.717, 1.165) is 10.6 Å². The van der Waals surface area contributed by atoms with Crippen LogP contribution < -0.4 is 5.84 Å². The van der Waals surface area contributed by atoms with Crippen molar-refractivity contribution in [1.82, 2.24) is 5.01 Å². The smallest absolute Gasteiger partial charge is 0.262 e. The Balaban J connectivity index is 2.43. The third kappa shape index (κ3) is 3.64. The second-order valence-corrected chi connectivity index (χ2v) is 3.92. The number of aryl methyl sites for hydroxylation is 2. The summed E-state index contributed by atoms with van der Waals surface area (Å²) in [4.78, 5) is 11.1. The molecular formula is C12H18N2O2. The van der Waals surface area contributed by atoms with Gasteiger partial charge in [-0.1, -0.05) is 18.2 Å². The Labute approximate surface area is 96.0 Å². The van der Waals surface area contributed by atoms with Crippen LogP contribution in [0.1, 0.15) is 16.7 Å². The van der Waals surface area contributed by atoms with E-state index in [2.05, 4.69) is 19.9 Å². The zero-order chi connectivity index (χ0) is 12.1. The Morgan fingerprint density at radius 1 is 1.38 bits per heavy atom. The van der Waals surface area contributed by atoms with Crippen LogP contribution in [0.4, 0.5) is 0 Å². The van der Waals surface area contributed by atoms with Crippen LogP contribution in [-0.2, 0) is 16.1 Å². The number of hydrogen-bond donors (Lipinski definition) is 1. The van der Waals surface area contributed by atoms with Gasteiger partial charge < -0.3 is 4.74 Å². The zero-order valence-corrected chi connectivity index (χ0v) is 9.99. The summed E-state index contributed by atoms with van der Waals surface area (Å²) in [6.45, 7) is 4.56. The lowest BCUT2D eigenvalue weighted by molar-refractivity contribution is -0.135. The first-order chi connectivity index (χ1) is 7.50. The lowest BCUT2D eigenvalue weighted by Gasteiger charge is -2.10. The molecule has 1 amide bonds. The van der Waals surface area contributed by atoms with Crippen molar-refractivity contribution in [3.8, 4) is 0 Å². The number of nitrogens with zero attached hydrogens (tertiary/aromatic N) is 1. The molecule has 0 aliphatic carbocycles. The molecule has 0 fully saturated rings. The lowest BCUT2D eigenvalue weighted by Crippen LogP contribution is -2.35. The summed E-state index contributed by atoms with van der Waals surface area (Å²) < 4.78 is 5.27. The Morgan fingerprint density at radius 2 is 2.06 bits per heavy atom. The summed E-state index contributed by atoms with van der Waals surface area (Å²) in [5.41, 5.74) is 3.54. The van der Waals surface area contributed by atoms with E-state index in [1.165, 1.54) is 18.2 Å². The molecule has 0 spiro atoms. The van der Waals surface area contributed by atoms with Crippen LogP contribution in [0.5, 0.6) is 0 Å². The highest BCUT2D eigenvalue weighted by Crippen LogP contribution is 2.10. The van der Waals surface area contributed by atoms with E-state index in [1.807, 2.05) is 12.1 Å². The van der Waals surface area contributed by atoms with Crippen molar-refractivity contribution in [2.24, 2.45) is 5.84 Å². The van der Waals surface area contributed by atoms with Gasteiger partial charge in [-0.2, -0.15) is 0 Å². The van der Waals surface area contributed by atoms with Crippen molar-refractivity contribution >= 4 is 5.91 Å². The molecule has 4 nitrogen and oxygen atoms in total. The SMILES string of the molecule is Cc1ccc(COCC(=O)N(C)N)cc1C. The average Bonchev–Trinajstić information content (AvgIpc) is 2.23. The Bertz CT molecular complexity index is 375. The maximum Gasteiger partial charge on any atom is 0.262 e. The highest BCUT2D eigenvalue weighted by atomic mass is 16.5. The van der Waals surface area contributed by atoms with Gasteiger partial charge in [0.15, 0.2) is 0 Å². The molecule has 88 valence electrons. The molecule has 1 rings (SSSR count). The summed E-state index contributed by atoms with van der Waals surface area (Å²) >= 11 is 0. The number of hydrazine groups is 1. The second kappa shape index (κ2) is 5.63. The molecule has 0 atom stereocenters. The highest BCUT2D eigenvalue weighted by molar-refractivity contribution is 5.76. The van der Waals surface area contributed by atoms with E-state index < -0.39 is 0 Å². The summed E-state index contributed by atoms with van der Waals surface area (Å²) in [5, 5.41) is 1.03. The molecule has 0 saturated heterocycles. The number of rotatable bonds is 4. The molecule has 0 bridgehead atoms. The molecule has 0 unspecified atom stereocenters. The maximum absolute atomic E-state index is 11.1. The molecule has 2 N–H and O–H groups in total. The number of benzene rings is 1. The fourth-order valence-corrected chi connectivity index (χ4v) is 1.25. The van der Waals surface area contributed by atoms with Crippen LogP contribution >= 0.6 is 0 Å². The van der Waals surface area contributed by atoms with Crippen LogP contribution in [0.2, 0.25) is 0 Å². The third-order valence-electron chi connectivity index (χ3n) is 2.46. The average molecular weight is 222 g/mol. The Morgan fingerprint density at radius 3 is 2.62 bits per heavy atom. The van der Waals surface area contributed by atoms with Crippen molar-refractivity contribution in [3.05, 3.63) is 34.9 Å². The largest absolute Gasteiger partial charge is 0.367 e. The van der Waals surface area contributed by atoms with E-state index >= 15 is 0 Å². The zero-order valence-electron chi connectivity index (χ0n) is 9.99. The summed E-state index contributed by atoms with van der Waals surface area (Å²) in [6, 6.07) is 6.11. The van der Waals surface area contributed by atoms with Gasteiger partial charge in [0.25, 0.3) is 5.91 Å². The van der Waals surface area contributed by atoms with Gasteiger partial charge in [-0.15, -0.1) is 0 Å². The van der Waals surface area contributed by atoms with Gasteiger partial charge in [0, 0.05) is 7.05 Å². The minimum atomic E-state index is -0.233.